The van der Waals surface area contributed by atoms with Crippen LogP contribution in [-0.2, 0) is 0 Å². The Kier molecular flexibility index (Phi) is 4.57. The lowest BCUT2D eigenvalue weighted by atomic mass is 10.2. The van der Waals surface area contributed by atoms with E-state index in [0.717, 1.165) is 12.1 Å². The Morgan fingerprint density at radius 1 is 1.15 bits per heavy atom. The molecule has 0 aliphatic carbocycles. The molecule has 10 heteroatoms. The number of carbonyl (C=O) groups is 1. The highest BCUT2D eigenvalue weighted by atomic mass is 79.9. The number of aromatic carboxylic acids is 1. The Balaban J connectivity index is 3.10. The Labute approximate surface area is 116 Å². The first-order valence-corrected chi connectivity index (χ1v) is 5.55. The molecule has 0 aliphatic heterocycles. The predicted octanol–water partition coefficient (Wildman–Crippen LogP) is 4.02. The average Bonchev–Trinajstić information content (AvgIpc) is 2.23. The van der Waals surface area contributed by atoms with Crippen molar-refractivity contribution in [2.45, 2.75) is 18.5 Å². The molecule has 0 bridgehead atoms. The zero-order valence-corrected chi connectivity index (χ0v) is 10.8. The van der Waals surface area contributed by atoms with Gasteiger partial charge < -0.3 is 9.84 Å². The minimum atomic E-state index is -5.65. The number of ether oxygens (including phenoxy) is 1. The SMILES string of the molecule is O=C(O)c1ccc(OC(C(F)(F)F)C(F)(F)F)c(Br)c1. The molecule has 0 radical (unpaired) electrons. The summed E-state index contributed by atoms with van der Waals surface area (Å²) in [7, 11) is 0. The van der Waals surface area contributed by atoms with Crippen molar-refractivity contribution in [2.75, 3.05) is 0 Å². The van der Waals surface area contributed by atoms with Gasteiger partial charge in [0.1, 0.15) is 5.75 Å². The first-order chi connectivity index (χ1) is 8.93. The Morgan fingerprint density at radius 3 is 2.00 bits per heavy atom. The van der Waals surface area contributed by atoms with Crippen molar-refractivity contribution in [2.24, 2.45) is 0 Å². The third-order valence-electron chi connectivity index (χ3n) is 2.02. The fraction of sp³-hybridized carbons (Fsp3) is 0.300. The molecule has 20 heavy (non-hydrogen) atoms. The Morgan fingerprint density at radius 2 is 1.65 bits per heavy atom. The Bertz CT molecular complexity index is 497. The predicted molar refractivity (Wildman–Crippen MR) is 57.6 cm³/mol. The van der Waals surface area contributed by atoms with E-state index in [9.17, 15) is 31.1 Å². The van der Waals surface area contributed by atoms with Crippen LogP contribution in [0.25, 0.3) is 0 Å². The largest absolute Gasteiger partial charge is 0.478 e. The van der Waals surface area contributed by atoms with Crippen LogP contribution in [0.4, 0.5) is 26.3 Å². The van der Waals surface area contributed by atoms with Gasteiger partial charge in [-0.2, -0.15) is 26.3 Å². The van der Waals surface area contributed by atoms with Crippen molar-refractivity contribution in [1.29, 1.82) is 0 Å². The number of alkyl halides is 6. The molecular formula is C10H5BrF6O3. The summed E-state index contributed by atoms with van der Waals surface area (Å²) in [5.74, 6) is -2.16. The summed E-state index contributed by atoms with van der Waals surface area (Å²) in [6.07, 6.45) is -15.3. The molecule has 3 nitrogen and oxygen atoms in total. The summed E-state index contributed by atoms with van der Waals surface area (Å²) in [5, 5.41) is 8.62. The lowest BCUT2D eigenvalue weighted by Crippen LogP contribution is -2.46. The molecule has 0 unspecified atom stereocenters. The van der Waals surface area contributed by atoms with Gasteiger partial charge in [-0.15, -0.1) is 0 Å². The zero-order valence-electron chi connectivity index (χ0n) is 9.22. The minimum absolute atomic E-state index is 0.320. The summed E-state index contributed by atoms with van der Waals surface area (Å²) in [5.41, 5.74) is -0.320. The van der Waals surface area contributed by atoms with Crippen LogP contribution in [0.1, 0.15) is 10.4 Å². The summed E-state index contributed by atoms with van der Waals surface area (Å²) in [6.45, 7) is 0. The number of hydrogen-bond acceptors (Lipinski definition) is 2. The molecule has 1 aromatic rings. The summed E-state index contributed by atoms with van der Waals surface area (Å²) in [4.78, 5) is 10.6. The van der Waals surface area contributed by atoms with Crippen molar-refractivity contribution in [3.8, 4) is 5.75 Å². The molecule has 0 aliphatic rings. The van der Waals surface area contributed by atoms with E-state index in [1.807, 2.05) is 0 Å². The van der Waals surface area contributed by atoms with Gasteiger partial charge in [-0.3, -0.25) is 0 Å². The second-order valence-corrected chi connectivity index (χ2v) is 4.39. The maximum atomic E-state index is 12.3. The van der Waals surface area contributed by atoms with Crippen LogP contribution in [0.5, 0.6) is 5.75 Å². The molecule has 0 aromatic heterocycles. The van der Waals surface area contributed by atoms with Gasteiger partial charge in [0.05, 0.1) is 10.0 Å². The van der Waals surface area contributed by atoms with Gasteiger partial charge in [0.2, 0.25) is 0 Å². The van der Waals surface area contributed by atoms with Crippen LogP contribution in [0.15, 0.2) is 22.7 Å². The van der Waals surface area contributed by atoms with Crippen LogP contribution in [0.2, 0.25) is 0 Å². The van der Waals surface area contributed by atoms with E-state index >= 15 is 0 Å². The molecule has 1 rings (SSSR count). The van der Waals surface area contributed by atoms with Crippen molar-refractivity contribution >= 4 is 21.9 Å². The van der Waals surface area contributed by atoms with Gasteiger partial charge in [0.25, 0.3) is 6.10 Å². The van der Waals surface area contributed by atoms with Crippen LogP contribution in [0, 0.1) is 0 Å². The third kappa shape index (κ3) is 4.02. The summed E-state index contributed by atoms with van der Waals surface area (Å²) < 4.78 is 77.3. The van der Waals surface area contributed by atoms with E-state index in [-0.39, 0.29) is 10.0 Å². The number of hydrogen-bond donors (Lipinski definition) is 1. The van der Waals surface area contributed by atoms with Crippen LogP contribution in [-0.4, -0.2) is 29.5 Å². The van der Waals surface area contributed by atoms with Crippen molar-refractivity contribution < 1.29 is 41.0 Å². The highest BCUT2D eigenvalue weighted by molar-refractivity contribution is 9.10. The second kappa shape index (κ2) is 5.51. The maximum Gasteiger partial charge on any atom is 0.434 e. The lowest BCUT2D eigenvalue weighted by molar-refractivity contribution is -0.300. The minimum Gasteiger partial charge on any atom is -0.478 e. The smallest absolute Gasteiger partial charge is 0.434 e. The number of benzene rings is 1. The molecule has 0 heterocycles. The van der Waals surface area contributed by atoms with E-state index < -0.39 is 30.2 Å². The molecule has 0 saturated carbocycles. The fourth-order valence-electron chi connectivity index (χ4n) is 1.18. The van der Waals surface area contributed by atoms with Crippen LogP contribution >= 0.6 is 15.9 Å². The van der Waals surface area contributed by atoms with Crippen molar-refractivity contribution in [1.82, 2.24) is 0 Å². The molecule has 112 valence electrons. The van der Waals surface area contributed by atoms with Gasteiger partial charge in [0.15, 0.2) is 0 Å². The topological polar surface area (TPSA) is 46.5 Å². The van der Waals surface area contributed by atoms with Crippen molar-refractivity contribution in [3.05, 3.63) is 28.2 Å². The standard InChI is InChI=1S/C10H5BrF6O3/c11-5-3-4(7(18)19)1-2-6(5)20-8(9(12,13)14)10(15,16)17/h1-3,8H,(H,18,19). The molecule has 1 N–H and O–H groups in total. The van der Waals surface area contributed by atoms with E-state index in [1.165, 1.54) is 0 Å². The lowest BCUT2D eigenvalue weighted by Gasteiger charge is -2.24. The zero-order chi connectivity index (χ0) is 15.7. The summed E-state index contributed by atoms with van der Waals surface area (Å²) >= 11 is 2.65. The van der Waals surface area contributed by atoms with Gasteiger partial charge >= 0.3 is 18.3 Å². The molecule has 0 spiro atoms. The number of carboxylic acids is 1. The van der Waals surface area contributed by atoms with E-state index in [4.69, 9.17) is 5.11 Å². The van der Waals surface area contributed by atoms with Crippen LogP contribution in [0.3, 0.4) is 0 Å². The average molecular weight is 367 g/mol. The van der Waals surface area contributed by atoms with E-state index in [2.05, 4.69) is 20.7 Å². The van der Waals surface area contributed by atoms with Gasteiger partial charge in [0, 0.05) is 0 Å². The molecule has 0 amide bonds. The highest BCUT2D eigenvalue weighted by Gasteiger charge is 2.59. The number of halogens is 7. The normalized spacial score (nSPS) is 12.6. The molecule has 0 fully saturated rings. The molecule has 1 aromatic carbocycles. The first-order valence-electron chi connectivity index (χ1n) is 4.76. The monoisotopic (exact) mass is 366 g/mol. The Hall–Kier alpha value is -1.45. The molecule has 0 saturated heterocycles. The molecule has 0 atom stereocenters. The fourth-order valence-corrected chi connectivity index (χ4v) is 1.65. The highest BCUT2D eigenvalue weighted by Crippen LogP contribution is 2.38. The maximum absolute atomic E-state index is 12.3. The van der Waals surface area contributed by atoms with Gasteiger partial charge in [-0.05, 0) is 34.1 Å². The van der Waals surface area contributed by atoms with E-state index in [1.54, 1.807) is 0 Å². The number of rotatable bonds is 3. The molecular weight excluding hydrogens is 362 g/mol. The van der Waals surface area contributed by atoms with Gasteiger partial charge in [-0.1, -0.05) is 0 Å². The van der Waals surface area contributed by atoms with Crippen LogP contribution < -0.4 is 4.74 Å². The third-order valence-corrected chi connectivity index (χ3v) is 2.64. The van der Waals surface area contributed by atoms with Gasteiger partial charge in [-0.25, -0.2) is 4.79 Å². The summed E-state index contributed by atoms with van der Waals surface area (Å²) in [6, 6.07) is 2.37. The van der Waals surface area contributed by atoms with E-state index in [0.29, 0.717) is 6.07 Å². The van der Waals surface area contributed by atoms with Crippen molar-refractivity contribution in [3.63, 3.8) is 0 Å². The number of carboxylic acid groups (broad SMARTS) is 1. The second-order valence-electron chi connectivity index (χ2n) is 3.53. The first kappa shape index (κ1) is 16.6. The quantitative estimate of drug-likeness (QED) is 0.822.